The average Bonchev–Trinajstić information content (AvgIpc) is 3.90. The predicted octanol–water partition coefficient (Wildman–Crippen LogP) is 6.17. The highest BCUT2D eigenvalue weighted by Gasteiger charge is 2.51. The van der Waals surface area contributed by atoms with E-state index in [0.29, 0.717) is 67.1 Å². The van der Waals surface area contributed by atoms with Gasteiger partial charge in [0, 0.05) is 12.2 Å². The maximum absolute atomic E-state index is 13.1. The number of fused-ring (bicyclic) bond motifs is 1. The molecule has 0 spiro atoms. The Kier molecular flexibility index (Phi) is 17.8. The summed E-state index contributed by atoms with van der Waals surface area (Å²) in [4.78, 5) is 64.3. The summed E-state index contributed by atoms with van der Waals surface area (Å²) in [5, 5.41) is 9.72. The number of carbonyl (C=O) groups is 5. The third-order valence-electron chi connectivity index (χ3n) is 9.26. The molecule has 0 N–H and O–H groups in total. The SMILES string of the molecule is [C-]#[N+]/C(=C\c1ccc(OC(=O)c2ccc(OCCCCOC(=O)C=C)cc2)cc1)C(=O)O[C@@H]1COC2C1OC[C@H]2OC(=O)/C(C#N)=C/c1ccc(OCCCCOC(=O)C=C)cc1. The van der Waals surface area contributed by atoms with Gasteiger partial charge in [-0.2, -0.15) is 5.26 Å². The lowest BCUT2D eigenvalue weighted by atomic mass is 10.1. The Hall–Kier alpha value is -7.53. The molecule has 2 aliphatic rings. The Balaban J connectivity index is 1.05. The Morgan fingerprint density at radius 3 is 1.62 bits per heavy atom. The highest BCUT2D eigenvalue weighted by molar-refractivity contribution is 5.98. The van der Waals surface area contributed by atoms with Crippen LogP contribution in [0, 0.1) is 17.9 Å². The molecule has 2 unspecified atom stereocenters. The van der Waals surface area contributed by atoms with Gasteiger partial charge in [0.25, 0.3) is 5.70 Å². The first-order valence-electron chi connectivity index (χ1n) is 19.8. The van der Waals surface area contributed by atoms with Crippen LogP contribution in [-0.2, 0) is 47.6 Å². The molecule has 3 aromatic carbocycles. The van der Waals surface area contributed by atoms with Gasteiger partial charge in [0.1, 0.15) is 41.1 Å². The zero-order chi connectivity index (χ0) is 45.0. The molecular weight excluding hydrogens is 817 g/mol. The Morgan fingerprint density at radius 1 is 0.667 bits per heavy atom. The molecule has 16 nitrogen and oxygen atoms in total. The third kappa shape index (κ3) is 14.3. The lowest BCUT2D eigenvalue weighted by Crippen LogP contribution is -2.36. The van der Waals surface area contributed by atoms with E-state index in [2.05, 4.69) is 18.0 Å². The van der Waals surface area contributed by atoms with Crippen molar-refractivity contribution in [2.75, 3.05) is 39.6 Å². The molecule has 0 saturated carbocycles. The van der Waals surface area contributed by atoms with Crippen LogP contribution in [0.2, 0.25) is 0 Å². The van der Waals surface area contributed by atoms with Crippen LogP contribution in [0.3, 0.4) is 0 Å². The number of hydrogen-bond acceptors (Lipinski definition) is 15. The van der Waals surface area contributed by atoms with E-state index >= 15 is 0 Å². The minimum Gasteiger partial charge on any atom is -0.494 e. The van der Waals surface area contributed by atoms with E-state index in [1.54, 1.807) is 60.7 Å². The quantitative estimate of drug-likeness (QED) is 0.0211. The lowest BCUT2D eigenvalue weighted by molar-refractivity contribution is -0.150. The van der Waals surface area contributed by atoms with Crippen LogP contribution in [-0.4, -0.2) is 93.9 Å². The summed E-state index contributed by atoms with van der Waals surface area (Å²) in [6, 6.07) is 21.2. The van der Waals surface area contributed by atoms with Crippen molar-refractivity contribution in [3.63, 3.8) is 0 Å². The second-order valence-corrected chi connectivity index (χ2v) is 13.7. The summed E-state index contributed by atoms with van der Waals surface area (Å²) in [5.74, 6) is -1.98. The van der Waals surface area contributed by atoms with Gasteiger partial charge in [0.2, 0.25) is 0 Å². The molecular formula is C47H44N2O14. The van der Waals surface area contributed by atoms with Crippen molar-refractivity contribution >= 4 is 42.0 Å². The largest absolute Gasteiger partial charge is 0.494 e. The average molecular weight is 861 g/mol. The van der Waals surface area contributed by atoms with Crippen molar-refractivity contribution in [1.29, 1.82) is 5.26 Å². The minimum atomic E-state index is -0.919. The van der Waals surface area contributed by atoms with Gasteiger partial charge in [-0.3, -0.25) is 4.79 Å². The molecule has 0 bridgehead atoms. The first-order valence-corrected chi connectivity index (χ1v) is 19.8. The molecule has 0 aromatic heterocycles. The van der Waals surface area contributed by atoms with E-state index < -0.39 is 54.3 Å². The van der Waals surface area contributed by atoms with E-state index in [1.165, 1.54) is 24.3 Å². The van der Waals surface area contributed by atoms with E-state index in [-0.39, 0.29) is 43.4 Å². The zero-order valence-corrected chi connectivity index (χ0v) is 34.1. The van der Waals surface area contributed by atoms with Crippen LogP contribution < -0.4 is 14.2 Å². The van der Waals surface area contributed by atoms with Crippen molar-refractivity contribution in [3.8, 4) is 23.3 Å². The van der Waals surface area contributed by atoms with Crippen LogP contribution in [0.25, 0.3) is 17.0 Å². The van der Waals surface area contributed by atoms with Crippen molar-refractivity contribution in [1.82, 2.24) is 0 Å². The van der Waals surface area contributed by atoms with Gasteiger partial charge in [-0.25, -0.2) is 24.0 Å². The van der Waals surface area contributed by atoms with Gasteiger partial charge in [-0.05, 0) is 97.5 Å². The van der Waals surface area contributed by atoms with Crippen LogP contribution in [0.15, 0.2) is 109 Å². The van der Waals surface area contributed by atoms with Gasteiger partial charge in [-0.1, -0.05) is 37.4 Å². The molecule has 16 heteroatoms. The number of nitrogens with zero attached hydrogens (tertiary/aromatic N) is 2. The van der Waals surface area contributed by atoms with Gasteiger partial charge in [0.05, 0.1) is 51.8 Å². The number of rotatable bonds is 22. The third-order valence-corrected chi connectivity index (χ3v) is 9.26. The normalized spacial score (nSPS) is 17.7. The van der Waals surface area contributed by atoms with E-state index in [4.69, 9.17) is 49.2 Å². The topological polar surface area (TPSA) is 197 Å². The highest BCUT2D eigenvalue weighted by Crippen LogP contribution is 2.32. The fourth-order valence-corrected chi connectivity index (χ4v) is 6.03. The zero-order valence-electron chi connectivity index (χ0n) is 34.1. The molecule has 5 rings (SSSR count). The summed E-state index contributed by atoms with van der Waals surface area (Å²) in [7, 11) is 0. The fraction of sp³-hybridized carbons (Fsp3) is 0.298. The van der Waals surface area contributed by atoms with Crippen molar-refractivity contribution in [3.05, 3.63) is 137 Å². The smallest absolute Gasteiger partial charge is 0.349 e. The van der Waals surface area contributed by atoms with E-state index in [0.717, 1.165) is 12.2 Å². The molecule has 0 amide bonds. The van der Waals surface area contributed by atoms with Gasteiger partial charge < -0.3 is 42.6 Å². The summed E-state index contributed by atoms with van der Waals surface area (Å²) in [6.07, 6.45) is 4.13. The van der Waals surface area contributed by atoms with Gasteiger partial charge in [-0.15, -0.1) is 0 Å². The standard InChI is InChI=1S/C47H44N2O14/c1-4-41(50)57-24-8-6-22-55-35-16-10-31(11-17-35)26-34(28-48)46(53)62-39-29-59-44-40(30-60-43(39)44)63-47(54)38(49-3)27-32-12-18-37(19-13-32)61-45(52)33-14-20-36(21-15-33)56-23-7-9-25-58-42(51)5-2/h4-5,10-21,26-27,39-40,43-44H,1-2,6-9,22-25,29-30H2/b34-26+,38-27-/t39-,40-,43?,44?/m1/s1. The summed E-state index contributed by atoms with van der Waals surface area (Å²) < 4.78 is 49.4. The summed E-state index contributed by atoms with van der Waals surface area (Å²) >= 11 is 0. The second-order valence-electron chi connectivity index (χ2n) is 13.7. The van der Waals surface area contributed by atoms with Crippen molar-refractivity contribution < 1.29 is 66.6 Å². The van der Waals surface area contributed by atoms with Crippen LogP contribution in [0.5, 0.6) is 17.2 Å². The fourth-order valence-electron chi connectivity index (χ4n) is 6.03. The molecule has 2 saturated heterocycles. The molecule has 2 fully saturated rings. The van der Waals surface area contributed by atoms with Gasteiger partial charge in [0.15, 0.2) is 12.2 Å². The Bertz CT molecular complexity index is 2250. The lowest BCUT2D eigenvalue weighted by Gasteiger charge is -2.17. The van der Waals surface area contributed by atoms with Crippen LogP contribution in [0.1, 0.15) is 47.2 Å². The van der Waals surface area contributed by atoms with Gasteiger partial charge >= 0.3 is 29.8 Å². The number of nitriles is 1. The molecule has 63 heavy (non-hydrogen) atoms. The maximum Gasteiger partial charge on any atom is 0.349 e. The first kappa shape index (κ1) is 46.5. The Morgan fingerprint density at radius 2 is 1.13 bits per heavy atom. The molecule has 2 heterocycles. The Labute approximate surface area is 363 Å². The number of carbonyl (C=O) groups excluding carboxylic acids is 5. The number of ether oxygens (including phenoxy) is 9. The predicted molar refractivity (Wildman–Crippen MR) is 223 cm³/mol. The summed E-state index contributed by atoms with van der Waals surface area (Å²) in [6.45, 7) is 15.5. The number of esters is 5. The van der Waals surface area contributed by atoms with Crippen LogP contribution >= 0.6 is 0 Å². The number of unbranched alkanes of at least 4 members (excludes halogenated alkanes) is 2. The van der Waals surface area contributed by atoms with E-state index in [9.17, 15) is 29.2 Å². The molecule has 0 radical (unpaired) electrons. The van der Waals surface area contributed by atoms with E-state index in [1.807, 2.05) is 6.07 Å². The minimum absolute atomic E-state index is 0.0715. The highest BCUT2D eigenvalue weighted by atomic mass is 16.7. The molecule has 3 aromatic rings. The van der Waals surface area contributed by atoms with Crippen molar-refractivity contribution in [2.45, 2.75) is 50.1 Å². The summed E-state index contributed by atoms with van der Waals surface area (Å²) in [5.41, 5.74) is 0.730. The van der Waals surface area contributed by atoms with Crippen LogP contribution in [0.4, 0.5) is 0 Å². The first-order chi connectivity index (χ1) is 30.6. The monoisotopic (exact) mass is 860 g/mol. The van der Waals surface area contributed by atoms with Crippen molar-refractivity contribution in [2.24, 2.45) is 0 Å². The number of hydrogen-bond donors (Lipinski definition) is 0. The second kappa shape index (κ2) is 24.0. The number of benzene rings is 3. The molecule has 326 valence electrons. The molecule has 4 atom stereocenters. The maximum atomic E-state index is 13.1. The molecule has 0 aliphatic carbocycles. The molecule has 2 aliphatic heterocycles.